The summed E-state index contributed by atoms with van der Waals surface area (Å²) in [7, 11) is 1.67. The molecule has 158 valence electrons. The molecular formula is C24H24N4O2S. The van der Waals surface area contributed by atoms with Crippen LogP contribution in [0.5, 0.6) is 5.75 Å². The minimum Gasteiger partial charge on any atom is -0.497 e. The maximum absolute atomic E-state index is 13.7. The fourth-order valence-corrected chi connectivity index (χ4v) is 4.81. The highest BCUT2D eigenvalue weighted by Gasteiger charge is 2.26. The van der Waals surface area contributed by atoms with Crippen molar-refractivity contribution in [2.24, 2.45) is 0 Å². The number of rotatable bonds is 4. The van der Waals surface area contributed by atoms with Gasteiger partial charge in [0.1, 0.15) is 5.75 Å². The quantitative estimate of drug-likeness (QED) is 0.458. The summed E-state index contributed by atoms with van der Waals surface area (Å²) in [6.45, 7) is 5.40. The molecule has 31 heavy (non-hydrogen) atoms. The number of carbonyl (C=O) groups is 1. The Balaban J connectivity index is 1.58. The monoisotopic (exact) mass is 432 g/mol. The van der Waals surface area contributed by atoms with E-state index in [1.807, 2.05) is 45.3 Å². The molecule has 0 saturated carbocycles. The first-order chi connectivity index (χ1) is 15.0. The molecule has 0 radical (unpaired) electrons. The summed E-state index contributed by atoms with van der Waals surface area (Å²) >= 11 is 1.62. The van der Waals surface area contributed by atoms with Crippen molar-refractivity contribution in [3.05, 3.63) is 64.7 Å². The number of benzene rings is 1. The van der Waals surface area contributed by atoms with E-state index < -0.39 is 0 Å². The number of thiophene rings is 1. The number of methoxy groups -OCH3 is 1. The first-order valence-electron chi connectivity index (χ1n) is 10.4. The van der Waals surface area contributed by atoms with Gasteiger partial charge in [-0.3, -0.25) is 4.79 Å². The van der Waals surface area contributed by atoms with E-state index in [1.54, 1.807) is 24.6 Å². The Morgan fingerprint density at radius 2 is 2.06 bits per heavy atom. The molecule has 0 unspecified atom stereocenters. The van der Waals surface area contributed by atoms with Crippen LogP contribution in [0.4, 0.5) is 0 Å². The Morgan fingerprint density at radius 3 is 2.81 bits per heavy atom. The Morgan fingerprint density at radius 1 is 1.19 bits per heavy atom. The van der Waals surface area contributed by atoms with Crippen molar-refractivity contribution >= 4 is 28.3 Å². The van der Waals surface area contributed by atoms with Crippen LogP contribution >= 0.6 is 11.3 Å². The number of nitrogens with zero attached hydrogens (tertiary/aromatic N) is 4. The van der Waals surface area contributed by atoms with E-state index in [2.05, 4.69) is 25.0 Å². The van der Waals surface area contributed by atoms with Crippen LogP contribution in [0, 0.1) is 0 Å². The number of ether oxygens (including phenoxy) is 1. The van der Waals surface area contributed by atoms with Gasteiger partial charge in [0.25, 0.3) is 5.91 Å². The lowest BCUT2D eigenvalue weighted by molar-refractivity contribution is 0.0736. The van der Waals surface area contributed by atoms with Crippen LogP contribution in [0.15, 0.2) is 48.0 Å². The van der Waals surface area contributed by atoms with Crippen LogP contribution < -0.4 is 4.74 Å². The predicted octanol–water partition coefficient (Wildman–Crippen LogP) is 4.95. The standard InChI is InChI=1S/C24H24N4O2S/c1-15(2)28-23-20(13-25-28)19(12-21(26-23)22-5-4-10-31-22)24(29)27-9-8-16-6-7-18(30-3)11-17(16)14-27/h4-7,10-13,15H,8-9,14H2,1-3H3. The van der Waals surface area contributed by atoms with E-state index in [-0.39, 0.29) is 11.9 Å². The highest BCUT2D eigenvalue weighted by atomic mass is 32.1. The second kappa shape index (κ2) is 7.81. The van der Waals surface area contributed by atoms with Gasteiger partial charge >= 0.3 is 0 Å². The molecule has 0 fully saturated rings. The smallest absolute Gasteiger partial charge is 0.255 e. The topological polar surface area (TPSA) is 60.2 Å². The number of pyridine rings is 1. The summed E-state index contributed by atoms with van der Waals surface area (Å²) in [5.41, 5.74) is 4.64. The first kappa shape index (κ1) is 19.8. The zero-order chi connectivity index (χ0) is 21.5. The first-order valence-corrected chi connectivity index (χ1v) is 11.3. The Labute approximate surface area is 185 Å². The van der Waals surface area contributed by atoms with E-state index in [0.717, 1.165) is 39.3 Å². The third kappa shape index (κ3) is 3.49. The summed E-state index contributed by atoms with van der Waals surface area (Å²) < 4.78 is 7.27. The molecule has 3 aromatic heterocycles. The molecule has 0 spiro atoms. The van der Waals surface area contributed by atoms with Crippen molar-refractivity contribution in [2.75, 3.05) is 13.7 Å². The number of hydrogen-bond donors (Lipinski definition) is 0. The zero-order valence-corrected chi connectivity index (χ0v) is 18.6. The van der Waals surface area contributed by atoms with Crippen molar-refractivity contribution in [1.29, 1.82) is 0 Å². The molecule has 1 aliphatic rings. The van der Waals surface area contributed by atoms with Gasteiger partial charge in [-0.05, 0) is 61.0 Å². The van der Waals surface area contributed by atoms with Crippen molar-refractivity contribution in [1.82, 2.24) is 19.7 Å². The number of fused-ring (bicyclic) bond motifs is 2. The van der Waals surface area contributed by atoms with E-state index in [9.17, 15) is 4.79 Å². The third-order valence-electron chi connectivity index (χ3n) is 5.77. The predicted molar refractivity (Wildman–Crippen MR) is 123 cm³/mol. The van der Waals surface area contributed by atoms with Crippen LogP contribution in [-0.2, 0) is 13.0 Å². The van der Waals surface area contributed by atoms with Crippen molar-refractivity contribution in [3.8, 4) is 16.3 Å². The second-order valence-electron chi connectivity index (χ2n) is 8.06. The molecule has 1 aromatic carbocycles. The van der Waals surface area contributed by atoms with Crippen molar-refractivity contribution in [2.45, 2.75) is 32.9 Å². The number of amides is 1. The maximum Gasteiger partial charge on any atom is 0.255 e. The third-order valence-corrected chi connectivity index (χ3v) is 6.67. The summed E-state index contributed by atoms with van der Waals surface area (Å²) in [5.74, 6) is 0.833. The van der Waals surface area contributed by atoms with Gasteiger partial charge in [0.15, 0.2) is 5.65 Å². The highest BCUT2D eigenvalue weighted by Crippen LogP contribution is 2.31. The van der Waals surface area contributed by atoms with E-state index >= 15 is 0 Å². The van der Waals surface area contributed by atoms with Gasteiger partial charge in [0.2, 0.25) is 0 Å². The SMILES string of the molecule is COc1ccc2c(c1)CN(C(=O)c1cc(-c3cccs3)nc3c1cnn3C(C)C)CC2. The molecular weight excluding hydrogens is 408 g/mol. The van der Waals surface area contributed by atoms with Crippen LogP contribution in [0.1, 0.15) is 41.4 Å². The molecule has 0 bridgehead atoms. The van der Waals surface area contributed by atoms with Gasteiger partial charge in [-0.2, -0.15) is 5.10 Å². The number of carbonyl (C=O) groups excluding carboxylic acids is 1. The lowest BCUT2D eigenvalue weighted by atomic mass is 9.98. The fraction of sp³-hybridized carbons (Fsp3) is 0.292. The molecule has 5 rings (SSSR count). The largest absolute Gasteiger partial charge is 0.497 e. The summed E-state index contributed by atoms with van der Waals surface area (Å²) in [6.07, 6.45) is 2.61. The summed E-state index contributed by atoms with van der Waals surface area (Å²) in [5, 5.41) is 7.36. The zero-order valence-electron chi connectivity index (χ0n) is 17.8. The lowest BCUT2D eigenvalue weighted by Gasteiger charge is -2.29. The molecule has 7 heteroatoms. The molecule has 4 heterocycles. The fourth-order valence-electron chi connectivity index (χ4n) is 4.13. The molecule has 4 aromatic rings. The summed E-state index contributed by atoms with van der Waals surface area (Å²) in [6, 6.07) is 12.2. The summed E-state index contributed by atoms with van der Waals surface area (Å²) in [4.78, 5) is 21.5. The van der Waals surface area contributed by atoms with Crippen LogP contribution in [0.3, 0.4) is 0 Å². The molecule has 0 saturated heterocycles. The van der Waals surface area contributed by atoms with Gasteiger partial charge in [-0.25, -0.2) is 9.67 Å². The van der Waals surface area contributed by atoms with E-state index in [1.165, 1.54) is 5.56 Å². The Kier molecular flexibility index (Phi) is 4.98. The van der Waals surface area contributed by atoms with Crippen LogP contribution in [-0.4, -0.2) is 39.2 Å². The lowest BCUT2D eigenvalue weighted by Crippen LogP contribution is -2.36. The second-order valence-corrected chi connectivity index (χ2v) is 9.01. The maximum atomic E-state index is 13.7. The molecule has 0 atom stereocenters. The van der Waals surface area contributed by atoms with Crippen molar-refractivity contribution < 1.29 is 9.53 Å². The molecule has 6 nitrogen and oxygen atoms in total. The molecule has 0 N–H and O–H groups in total. The average Bonchev–Trinajstić information content (AvgIpc) is 3.47. The molecule has 0 aliphatic carbocycles. The average molecular weight is 433 g/mol. The van der Waals surface area contributed by atoms with Gasteiger partial charge in [0, 0.05) is 19.1 Å². The number of hydrogen-bond acceptors (Lipinski definition) is 5. The van der Waals surface area contributed by atoms with Crippen molar-refractivity contribution in [3.63, 3.8) is 0 Å². The van der Waals surface area contributed by atoms with Gasteiger partial charge in [0.05, 0.1) is 34.8 Å². The van der Waals surface area contributed by atoms with E-state index in [4.69, 9.17) is 9.72 Å². The Bertz CT molecular complexity index is 1260. The molecule has 1 aliphatic heterocycles. The van der Waals surface area contributed by atoms with E-state index in [0.29, 0.717) is 18.7 Å². The van der Waals surface area contributed by atoms with Gasteiger partial charge in [-0.15, -0.1) is 11.3 Å². The van der Waals surface area contributed by atoms with Crippen LogP contribution in [0.2, 0.25) is 0 Å². The highest BCUT2D eigenvalue weighted by molar-refractivity contribution is 7.13. The van der Waals surface area contributed by atoms with Crippen LogP contribution in [0.25, 0.3) is 21.6 Å². The number of aromatic nitrogens is 3. The Hall–Kier alpha value is -3.19. The van der Waals surface area contributed by atoms with Gasteiger partial charge < -0.3 is 9.64 Å². The normalized spacial score (nSPS) is 13.6. The molecule has 1 amide bonds. The van der Waals surface area contributed by atoms with Gasteiger partial charge in [-0.1, -0.05) is 12.1 Å². The minimum atomic E-state index is 0.0157. The minimum absolute atomic E-state index is 0.0157.